The molecule has 0 aliphatic rings. The summed E-state index contributed by atoms with van der Waals surface area (Å²) in [5.74, 6) is 1.50. The van der Waals surface area contributed by atoms with Gasteiger partial charge in [0.1, 0.15) is 11.5 Å². The lowest BCUT2D eigenvalue weighted by atomic mass is 9.86. The summed E-state index contributed by atoms with van der Waals surface area (Å²) in [6.07, 6.45) is 0. The molecule has 0 atom stereocenters. The van der Waals surface area contributed by atoms with Crippen molar-refractivity contribution in [2.45, 2.75) is 32.8 Å². The van der Waals surface area contributed by atoms with Crippen LogP contribution in [0.15, 0.2) is 42.5 Å². The third-order valence-corrected chi connectivity index (χ3v) is 3.47. The fourth-order valence-electron chi connectivity index (χ4n) is 2.02. The molecule has 20 heavy (non-hydrogen) atoms. The second kappa shape index (κ2) is 5.86. The van der Waals surface area contributed by atoms with Gasteiger partial charge in [0, 0.05) is 10.6 Å². The summed E-state index contributed by atoms with van der Waals surface area (Å²) in [4.78, 5) is 0. The maximum Gasteiger partial charge on any atom is 0.131 e. The van der Waals surface area contributed by atoms with Crippen LogP contribution in [-0.4, -0.2) is 5.11 Å². The Hall–Kier alpha value is -1.51. The highest BCUT2D eigenvalue weighted by Gasteiger charge is 2.18. The molecule has 0 radical (unpaired) electrons. The molecule has 0 aliphatic heterocycles. The molecule has 3 heteroatoms. The average molecular weight is 291 g/mol. The van der Waals surface area contributed by atoms with E-state index in [9.17, 15) is 0 Å². The molecule has 0 saturated heterocycles. The Kier molecular flexibility index (Phi) is 4.36. The average Bonchev–Trinajstić information content (AvgIpc) is 2.38. The van der Waals surface area contributed by atoms with E-state index in [1.165, 1.54) is 0 Å². The van der Waals surface area contributed by atoms with Crippen molar-refractivity contribution in [3.63, 3.8) is 0 Å². The molecular formula is C17H19ClO2. The highest BCUT2D eigenvalue weighted by Crippen LogP contribution is 2.34. The van der Waals surface area contributed by atoms with Gasteiger partial charge in [-0.3, -0.25) is 0 Å². The Balaban J connectivity index is 2.33. The zero-order valence-corrected chi connectivity index (χ0v) is 12.7. The van der Waals surface area contributed by atoms with Crippen LogP contribution in [-0.2, 0) is 12.0 Å². The summed E-state index contributed by atoms with van der Waals surface area (Å²) in [6.45, 7) is 6.38. The van der Waals surface area contributed by atoms with Crippen molar-refractivity contribution in [2.75, 3.05) is 0 Å². The molecule has 0 amide bonds. The van der Waals surface area contributed by atoms with Crippen LogP contribution in [0.2, 0.25) is 5.02 Å². The smallest absolute Gasteiger partial charge is 0.131 e. The number of ether oxygens (including phenoxy) is 1. The summed E-state index contributed by atoms with van der Waals surface area (Å²) in [5, 5.41) is 9.64. The number of benzene rings is 2. The van der Waals surface area contributed by atoms with Crippen molar-refractivity contribution in [1.29, 1.82) is 0 Å². The zero-order valence-electron chi connectivity index (χ0n) is 12.0. The van der Waals surface area contributed by atoms with Gasteiger partial charge in [-0.25, -0.2) is 0 Å². The molecule has 106 valence electrons. The first-order chi connectivity index (χ1) is 9.41. The van der Waals surface area contributed by atoms with Crippen LogP contribution in [0.4, 0.5) is 0 Å². The highest BCUT2D eigenvalue weighted by atomic mass is 35.5. The van der Waals surface area contributed by atoms with Crippen molar-refractivity contribution in [3.05, 3.63) is 58.6 Å². The first-order valence-electron chi connectivity index (χ1n) is 6.58. The predicted molar refractivity (Wildman–Crippen MR) is 82.6 cm³/mol. The Morgan fingerprint density at radius 1 is 1.10 bits per heavy atom. The van der Waals surface area contributed by atoms with E-state index in [1.807, 2.05) is 24.3 Å². The molecule has 0 aliphatic carbocycles. The lowest BCUT2D eigenvalue weighted by molar-refractivity contribution is 0.282. The predicted octanol–water partition coefficient (Wildman–Crippen LogP) is 4.92. The highest BCUT2D eigenvalue weighted by molar-refractivity contribution is 6.31. The van der Waals surface area contributed by atoms with Gasteiger partial charge in [-0.1, -0.05) is 56.6 Å². The van der Waals surface area contributed by atoms with Gasteiger partial charge in [0.25, 0.3) is 0 Å². The maximum atomic E-state index is 9.12. The van der Waals surface area contributed by atoms with Crippen molar-refractivity contribution >= 4 is 11.6 Å². The zero-order chi connectivity index (χ0) is 14.8. The Labute approximate surface area is 125 Å². The molecule has 0 fully saturated rings. The number of hydrogen-bond donors (Lipinski definition) is 1. The van der Waals surface area contributed by atoms with Gasteiger partial charge in [0.2, 0.25) is 0 Å². The summed E-state index contributed by atoms with van der Waals surface area (Å²) in [5.41, 5.74) is 1.84. The van der Waals surface area contributed by atoms with Crippen LogP contribution in [0.3, 0.4) is 0 Å². The molecule has 0 heterocycles. The van der Waals surface area contributed by atoms with Crippen LogP contribution in [0.25, 0.3) is 0 Å². The second-order valence-corrected chi connectivity index (χ2v) is 6.17. The van der Waals surface area contributed by atoms with Crippen LogP contribution < -0.4 is 4.74 Å². The van der Waals surface area contributed by atoms with E-state index >= 15 is 0 Å². The van der Waals surface area contributed by atoms with E-state index in [0.717, 1.165) is 11.3 Å². The summed E-state index contributed by atoms with van der Waals surface area (Å²) in [7, 11) is 0. The van der Waals surface area contributed by atoms with Crippen LogP contribution in [0.1, 0.15) is 31.9 Å². The molecular weight excluding hydrogens is 272 g/mol. The number of para-hydroxylation sites is 1. The lowest BCUT2D eigenvalue weighted by Crippen LogP contribution is -2.12. The monoisotopic (exact) mass is 290 g/mol. The Bertz CT molecular complexity index is 600. The van der Waals surface area contributed by atoms with E-state index in [-0.39, 0.29) is 12.0 Å². The number of aliphatic hydroxyl groups is 1. The van der Waals surface area contributed by atoms with Gasteiger partial charge in [-0.05, 0) is 29.2 Å². The van der Waals surface area contributed by atoms with E-state index in [2.05, 4.69) is 26.8 Å². The third-order valence-electron chi connectivity index (χ3n) is 3.12. The molecule has 2 nitrogen and oxygen atoms in total. The van der Waals surface area contributed by atoms with Gasteiger partial charge in [-0.15, -0.1) is 0 Å². The summed E-state index contributed by atoms with van der Waals surface area (Å²) < 4.78 is 5.95. The molecule has 1 N–H and O–H groups in total. The molecule has 0 spiro atoms. The van der Waals surface area contributed by atoms with Crippen molar-refractivity contribution in [1.82, 2.24) is 0 Å². The standard InChI is InChI=1S/C17H19ClO2/c1-17(2,3)14-6-4-5-7-16(14)20-13-9-8-12(11-19)15(18)10-13/h4-10,19H,11H2,1-3H3. The van der Waals surface area contributed by atoms with Crippen molar-refractivity contribution < 1.29 is 9.84 Å². The fraction of sp³-hybridized carbons (Fsp3) is 0.294. The minimum absolute atomic E-state index is 0.00538. The number of rotatable bonds is 3. The topological polar surface area (TPSA) is 29.5 Å². The van der Waals surface area contributed by atoms with E-state index in [1.54, 1.807) is 12.1 Å². The Morgan fingerprint density at radius 2 is 1.80 bits per heavy atom. The van der Waals surface area contributed by atoms with Crippen molar-refractivity contribution in [3.8, 4) is 11.5 Å². The number of halogens is 1. The largest absolute Gasteiger partial charge is 0.457 e. The first-order valence-corrected chi connectivity index (χ1v) is 6.96. The van der Waals surface area contributed by atoms with E-state index in [4.69, 9.17) is 21.4 Å². The molecule has 2 aromatic carbocycles. The minimum atomic E-state index is -0.0717. The van der Waals surface area contributed by atoms with Gasteiger partial charge in [0.15, 0.2) is 0 Å². The van der Waals surface area contributed by atoms with E-state index < -0.39 is 0 Å². The third kappa shape index (κ3) is 3.33. The normalized spacial score (nSPS) is 11.4. The van der Waals surface area contributed by atoms with Crippen LogP contribution in [0.5, 0.6) is 11.5 Å². The van der Waals surface area contributed by atoms with Gasteiger partial charge >= 0.3 is 0 Å². The first kappa shape index (κ1) is 14.9. The molecule has 0 aromatic heterocycles. The summed E-state index contributed by atoms with van der Waals surface area (Å²) in [6, 6.07) is 13.3. The second-order valence-electron chi connectivity index (χ2n) is 5.76. The van der Waals surface area contributed by atoms with Crippen LogP contribution in [0, 0.1) is 0 Å². The van der Waals surface area contributed by atoms with Gasteiger partial charge in [-0.2, -0.15) is 0 Å². The quantitative estimate of drug-likeness (QED) is 0.869. The van der Waals surface area contributed by atoms with Crippen LogP contribution >= 0.6 is 11.6 Å². The molecule has 0 unspecified atom stereocenters. The van der Waals surface area contributed by atoms with Crippen molar-refractivity contribution in [2.24, 2.45) is 0 Å². The van der Waals surface area contributed by atoms with Gasteiger partial charge in [0.05, 0.1) is 6.61 Å². The minimum Gasteiger partial charge on any atom is -0.457 e. The number of aliphatic hydroxyl groups excluding tert-OH is 1. The molecule has 2 rings (SSSR count). The maximum absolute atomic E-state index is 9.12. The molecule has 0 bridgehead atoms. The van der Waals surface area contributed by atoms with Gasteiger partial charge < -0.3 is 9.84 Å². The molecule has 0 saturated carbocycles. The SMILES string of the molecule is CC(C)(C)c1ccccc1Oc1ccc(CO)c(Cl)c1. The fourth-order valence-corrected chi connectivity index (χ4v) is 2.25. The summed E-state index contributed by atoms with van der Waals surface area (Å²) >= 11 is 6.09. The van der Waals surface area contributed by atoms with E-state index in [0.29, 0.717) is 16.3 Å². The molecule has 2 aromatic rings. The lowest BCUT2D eigenvalue weighted by Gasteiger charge is -2.22. The number of hydrogen-bond acceptors (Lipinski definition) is 2. The Morgan fingerprint density at radius 3 is 2.40 bits per heavy atom.